The average Bonchev–Trinajstić information content (AvgIpc) is 3.44. The monoisotopic (exact) mass is 511 g/mol. The van der Waals surface area contributed by atoms with Crippen LogP contribution in [0.5, 0.6) is 5.75 Å². The smallest absolute Gasteiger partial charge is 0.435 e. The standard InChI is InChI=1S/C25H16F3N3O2S2/c1-33-15-12-10-14(11-13-15)24(25(26,27)28)30-21(32)20(22-29-16-6-2-4-8-18(16)34-22)23-31(24)17-7-3-5-9-19(17)35-23/h2-13H,1H3,(H,30,32). The molecule has 3 aromatic carbocycles. The molecule has 0 spiro atoms. The van der Waals surface area contributed by atoms with Crippen LogP contribution in [-0.2, 0) is 10.5 Å². The molecule has 0 radical (unpaired) electrons. The summed E-state index contributed by atoms with van der Waals surface area (Å²) in [4.78, 5) is 20.0. The van der Waals surface area contributed by atoms with Crippen molar-refractivity contribution < 1.29 is 22.7 Å². The number of benzene rings is 3. The molecule has 1 aromatic heterocycles. The predicted molar refractivity (Wildman–Crippen MR) is 130 cm³/mol. The van der Waals surface area contributed by atoms with Crippen LogP contribution in [0.15, 0.2) is 82.7 Å². The molecule has 6 rings (SSSR count). The van der Waals surface area contributed by atoms with Gasteiger partial charge < -0.3 is 10.1 Å². The number of para-hydroxylation sites is 2. The number of halogens is 3. The molecule has 0 bridgehead atoms. The van der Waals surface area contributed by atoms with E-state index in [1.54, 1.807) is 24.3 Å². The van der Waals surface area contributed by atoms with Gasteiger partial charge in [0.2, 0.25) is 5.66 Å². The average molecular weight is 512 g/mol. The van der Waals surface area contributed by atoms with E-state index in [0.29, 0.717) is 26.9 Å². The van der Waals surface area contributed by atoms with Crippen molar-refractivity contribution in [3.63, 3.8) is 0 Å². The van der Waals surface area contributed by atoms with E-state index in [9.17, 15) is 4.79 Å². The number of amides is 1. The molecule has 2 aliphatic rings. The number of nitrogens with zero attached hydrogens (tertiary/aromatic N) is 2. The van der Waals surface area contributed by atoms with E-state index in [1.807, 2.05) is 24.3 Å². The lowest BCUT2D eigenvalue weighted by atomic mass is 9.92. The third-order valence-electron chi connectivity index (χ3n) is 6.01. The Morgan fingerprint density at radius 2 is 1.71 bits per heavy atom. The molecular formula is C25H16F3N3O2S2. The van der Waals surface area contributed by atoms with Gasteiger partial charge in [-0.15, -0.1) is 11.3 Å². The number of thioether (sulfide) groups is 1. The number of hydrogen-bond acceptors (Lipinski definition) is 6. The van der Waals surface area contributed by atoms with E-state index < -0.39 is 17.7 Å². The lowest BCUT2D eigenvalue weighted by molar-refractivity contribution is -0.201. The van der Waals surface area contributed by atoms with E-state index in [1.165, 1.54) is 47.6 Å². The molecule has 35 heavy (non-hydrogen) atoms. The van der Waals surface area contributed by atoms with Gasteiger partial charge in [0, 0.05) is 10.5 Å². The fourth-order valence-corrected chi connectivity index (χ4v) is 6.74. The van der Waals surface area contributed by atoms with Crippen LogP contribution < -0.4 is 15.0 Å². The Labute approximate surface area is 206 Å². The Hall–Kier alpha value is -3.50. The number of methoxy groups -OCH3 is 1. The first kappa shape index (κ1) is 22.0. The molecule has 0 aliphatic carbocycles. The molecule has 1 unspecified atom stereocenters. The van der Waals surface area contributed by atoms with Gasteiger partial charge in [0.05, 0.1) is 28.0 Å². The summed E-state index contributed by atoms with van der Waals surface area (Å²) in [6.45, 7) is 0. The Morgan fingerprint density at radius 1 is 1.00 bits per heavy atom. The third kappa shape index (κ3) is 3.16. The van der Waals surface area contributed by atoms with Crippen LogP contribution in [0.3, 0.4) is 0 Å². The zero-order valence-electron chi connectivity index (χ0n) is 18.1. The summed E-state index contributed by atoms with van der Waals surface area (Å²) in [5.41, 5.74) is -1.77. The number of thiazole rings is 1. The van der Waals surface area contributed by atoms with Crippen molar-refractivity contribution in [3.05, 3.63) is 88.4 Å². The summed E-state index contributed by atoms with van der Waals surface area (Å²) in [5, 5.41) is 2.91. The van der Waals surface area contributed by atoms with Gasteiger partial charge in [-0.3, -0.25) is 9.69 Å². The van der Waals surface area contributed by atoms with E-state index in [0.717, 1.165) is 16.5 Å². The maximum atomic E-state index is 15.1. The van der Waals surface area contributed by atoms with E-state index >= 15 is 13.2 Å². The zero-order chi connectivity index (χ0) is 24.4. The third-order valence-corrected chi connectivity index (χ3v) is 8.21. The van der Waals surface area contributed by atoms with Gasteiger partial charge in [0.25, 0.3) is 5.91 Å². The summed E-state index contributed by atoms with van der Waals surface area (Å²) in [6.07, 6.45) is -4.86. The lowest BCUT2D eigenvalue weighted by Gasteiger charge is -2.47. The van der Waals surface area contributed by atoms with Gasteiger partial charge in [-0.05, 0) is 36.4 Å². The van der Waals surface area contributed by atoms with Crippen molar-refractivity contribution in [3.8, 4) is 5.75 Å². The fourth-order valence-electron chi connectivity index (χ4n) is 4.43. The lowest BCUT2D eigenvalue weighted by Crippen LogP contribution is -2.68. The van der Waals surface area contributed by atoms with E-state index in [4.69, 9.17) is 4.74 Å². The Bertz CT molecular complexity index is 1480. The molecule has 3 heterocycles. The fraction of sp³-hybridized carbons (Fsp3) is 0.120. The first-order valence-corrected chi connectivity index (χ1v) is 12.2. The van der Waals surface area contributed by atoms with Crippen LogP contribution in [0.1, 0.15) is 10.6 Å². The second kappa shape index (κ2) is 7.76. The quantitative estimate of drug-likeness (QED) is 0.359. The maximum absolute atomic E-state index is 15.1. The molecule has 1 atom stereocenters. The largest absolute Gasteiger partial charge is 0.497 e. The van der Waals surface area contributed by atoms with E-state index in [2.05, 4.69) is 10.3 Å². The molecule has 1 N–H and O–H groups in total. The molecule has 0 fully saturated rings. The van der Waals surface area contributed by atoms with Crippen molar-refractivity contribution in [1.29, 1.82) is 0 Å². The van der Waals surface area contributed by atoms with Crippen molar-refractivity contribution in [1.82, 2.24) is 10.3 Å². The molecule has 1 amide bonds. The number of hydrogen-bond donors (Lipinski definition) is 1. The molecule has 10 heteroatoms. The minimum absolute atomic E-state index is 0.126. The van der Waals surface area contributed by atoms with Crippen LogP contribution in [0.2, 0.25) is 0 Å². The van der Waals surface area contributed by atoms with Crippen molar-refractivity contribution in [2.75, 3.05) is 12.0 Å². The number of aromatic nitrogens is 1. The molecule has 5 nitrogen and oxygen atoms in total. The van der Waals surface area contributed by atoms with Crippen LogP contribution >= 0.6 is 23.1 Å². The first-order valence-electron chi connectivity index (χ1n) is 10.5. The van der Waals surface area contributed by atoms with Gasteiger partial charge in [0.15, 0.2) is 0 Å². The van der Waals surface area contributed by atoms with Crippen molar-refractivity contribution in [2.24, 2.45) is 0 Å². The minimum Gasteiger partial charge on any atom is -0.497 e. The zero-order valence-corrected chi connectivity index (χ0v) is 19.7. The molecular weight excluding hydrogens is 495 g/mol. The number of rotatable bonds is 3. The number of carbonyl (C=O) groups is 1. The van der Waals surface area contributed by atoms with E-state index in [-0.39, 0.29) is 16.2 Å². The number of alkyl halides is 3. The van der Waals surface area contributed by atoms with Crippen molar-refractivity contribution in [2.45, 2.75) is 16.7 Å². The summed E-state index contributed by atoms with van der Waals surface area (Å²) >= 11 is 2.42. The summed E-state index contributed by atoms with van der Waals surface area (Å²) in [5.74, 6) is -0.418. The van der Waals surface area contributed by atoms with Gasteiger partial charge in [-0.1, -0.05) is 48.2 Å². The second-order valence-corrected chi connectivity index (χ2v) is 10.0. The van der Waals surface area contributed by atoms with Gasteiger partial charge in [0.1, 0.15) is 16.3 Å². The number of anilines is 1. The molecule has 0 saturated carbocycles. The summed E-state index contributed by atoms with van der Waals surface area (Å²) in [6, 6.07) is 19.8. The Balaban J connectivity index is 1.65. The summed E-state index contributed by atoms with van der Waals surface area (Å²) < 4.78 is 51.4. The molecule has 4 aromatic rings. The number of nitrogens with one attached hydrogen (secondary N) is 1. The SMILES string of the molecule is COc1ccc(C2(C(F)(F)F)NC(=O)C(c3nc4ccccc4s3)=C3Sc4ccccc4N32)cc1. The van der Waals surface area contributed by atoms with Crippen LogP contribution in [-0.4, -0.2) is 24.2 Å². The normalized spacial score (nSPS) is 19.5. The highest BCUT2D eigenvalue weighted by Crippen LogP contribution is 2.59. The first-order chi connectivity index (χ1) is 16.8. The van der Waals surface area contributed by atoms with Crippen LogP contribution in [0.25, 0.3) is 15.8 Å². The highest BCUT2D eigenvalue weighted by molar-refractivity contribution is 8.04. The number of carbonyl (C=O) groups excluding carboxylic acids is 1. The number of ether oxygens (including phenoxy) is 1. The van der Waals surface area contributed by atoms with Gasteiger partial charge >= 0.3 is 6.18 Å². The molecule has 2 aliphatic heterocycles. The maximum Gasteiger partial charge on any atom is 0.435 e. The second-order valence-electron chi connectivity index (χ2n) is 7.96. The highest BCUT2D eigenvalue weighted by Gasteiger charge is 2.66. The predicted octanol–water partition coefficient (Wildman–Crippen LogP) is 6.13. The topological polar surface area (TPSA) is 54.5 Å². The highest BCUT2D eigenvalue weighted by atomic mass is 32.2. The van der Waals surface area contributed by atoms with Crippen LogP contribution in [0.4, 0.5) is 18.9 Å². The van der Waals surface area contributed by atoms with Crippen LogP contribution in [0, 0.1) is 0 Å². The molecule has 0 saturated heterocycles. The molecule has 176 valence electrons. The Kier molecular flexibility index (Phi) is 4.87. The van der Waals surface area contributed by atoms with Gasteiger partial charge in [-0.25, -0.2) is 4.98 Å². The van der Waals surface area contributed by atoms with Gasteiger partial charge in [-0.2, -0.15) is 13.2 Å². The summed E-state index contributed by atoms with van der Waals surface area (Å²) in [7, 11) is 1.44. The number of fused-ring (bicyclic) bond motifs is 4. The van der Waals surface area contributed by atoms with Crippen molar-refractivity contribution >= 4 is 50.5 Å². The minimum atomic E-state index is -4.86. The Morgan fingerprint density at radius 3 is 2.43 bits per heavy atom.